The number of carbonyl (C=O) groups excluding carboxylic acids is 2. The van der Waals surface area contributed by atoms with Gasteiger partial charge in [0.25, 0.3) is 5.60 Å². The van der Waals surface area contributed by atoms with Crippen LogP contribution in [0.3, 0.4) is 0 Å². The Labute approximate surface area is 233 Å². The fourth-order valence-electron chi connectivity index (χ4n) is 4.58. The van der Waals surface area contributed by atoms with Crippen molar-refractivity contribution in [1.29, 1.82) is 0 Å². The molecule has 0 heterocycles. The van der Waals surface area contributed by atoms with Gasteiger partial charge < -0.3 is 23.7 Å². The Morgan fingerprint density at radius 3 is 2.05 bits per heavy atom. The lowest BCUT2D eigenvalue weighted by atomic mass is 9.92. The second-order valence-corrected chi connectivity index (χ2v) is 9.47. The van der Waals surface area contributed by atoms with Crippen molar-refractivity contribution in [2.75, 3.05) is 21.3 Å². The van der Waals surface area contributed by atoms with Gasteiger partial charge in [-0.2, -0.15) is 13.2 Å². The second kappa shape index (κ2) is 15.5. The highest BCUT2D eigenvalue weighted by molar-refractivity contribution is 5.82. The zero-order valence-electron chi connectivity index (χ0n) is 23.7. The van der Waals surface area contributed by atoms with Crippen LogP contribution in [-0.4, -0.2) is 51.7 Å². The van der Waals surface area contributed by atoms with E-state index in [9.17, 15) is 22.8 Å². The smallest absolute Gasteiger partial charge is 0.432 e. The average Bonchev–Trinajstić information content (AvgIpc) is 2.91. The predicted octanol–water partition coefficient (Wildman–Crippen LogP) is 6.55. The van der Waals surface area contributed by atoms with E-state index in [2.05, 4.69) is 0 Å². The summed E-state index contributed by atoms with van der Waals surface area (Å²) < 4.78 is 70.0. The molecule has 3 atom stereocenters. The predicted molar refractivity (Wildman–Crippen MR) is 143 cm³/mol. The molecule has 0 amide bonds. The van der Waals surface area contributed by atoms with Crippen LogP contribution >= 0.6 is 0 Å². The molecule has 0 aliphatic carbocycles. The third-order valence-corrected chi connectivity index (χ3v) is 6.64. The van der Waals surface area contributed by atoms with Crippen LogP contribution < -0.4 is 9.47 Å². The molecule has 40 heavy (non-hydrogen) atoms. The number of esters is 2. The van der Waals surface area contributed by atoms with Crippen LogP contribution in [-0.2, 0) is 35.8 Å². The highest BCUT2D eigenvalue weighted by Gasteiger charge is 2.64. The minimum absolute atomic E-state index is 0.0365. The number of hydrogen-bond donors (Lipinski definition) is 0. The summed E-state index contributed by atoms with van der Waals surface area (Å²) in [5.41, 5.74) is -2.92. The highest BCUT2D eigenvalue weighted by Crippen LogP contribution is 2.43. The molecule has 0 fully saturated rings. The average molecular weight is 569 g/mol. The molecule has 10 heteroatoms. The van der Waals surface area contributed by atoms with E-state index >= 15 is 0 Å². The summed E-state index contributed by atoms with van der Waals surface area (Å²) >= 11 is 0. The molecule has 0 N–H and O–H groups in total. The van der Waals surface area contributed by atoms with Crippen molar-refractivity contribution >= 4 is 11.9 Å². The van der Waals surface area contributed by atoms with Gasteiger partial charge in [0, 0.05) is 26.0 Å². The minimum atomic E-state index is -5.11. The molecule has 0 saturated heterocycles. The lowest BCUT2D eigenvalue weighted by molar-refractivity contribution is -0.278. The van der Waals surface area contributed by atoms with Gasteiger partial charge in [-0.25, -0.2) is 4.79 Å². The van der Waals surface area contributed by atoms with E-state index < -0.39 is 41.5 Å². The third-order valence-electron chi connectivity index (χ3n) is 6.64. The van der Waals surface area contributed by atoms with E-state index in [4.69, 9.17) is 23.7 Å². The lowest BCUT2D eigenvalue weighted by Crippen LogP contribution is -2.52. The SMILES string of the molecule is CCCCC[C@@H](C[C@H](CCc1ccc(OC)c(OC)c1)OC(=O)[C@@](OC)(c1ccccc1)C(F)(F)F)OC(C)=O. The molecular weight excluding hydrogens is 529 g/mol. The zero-order chi connectivity index (χ0) is 29.8. The maximum Gasteiger partial charge on any atom is 0.432 e. The number of alkyl halides is 3. The molecule has 0 aliphatic rings. The molecule has 0 saturated carbocycles. The summed E-state index contributed by atoms with van der Waals surface area (Å²) in [5, 5.41) is 0. The number of carbonyl (C=O) groups is 2. The van der Waals surface area contributed by atoms with Crippen LogP contribution in [0.15, 0.2) is 48.5 Å². The van der Waals surface area contributed by atoms with Crippen molar-refractivity contribution in [2.24, 2.45) is 0 Å². The van der Waals surface area contributed by atoms with Crippen molar-refractivity contribution in [3.8, 4) is 11.5 Å². The molecule has 7 nitrogen and oxygen atoms in total. The number of ether oxygens (including phenoxy) is 5. The maximum absolute atomic E-state index is 14.5. The molecule has 0 aliphatic heterocycles. The largest absolute Gasteiger partial charge is 0.493 e. The Morgan fingerprint density at radius 1 is 0.850 bits per heavy atom. The molecule has 0 unspecified atom stereocenters. The molecule has 2 aromatic rings. The van der Waals surface area contributed by atoms with E-state index in [0.717, 1.165) is 31.9 Å². The third kappa shape index (κ3) is 8.61. The number of unbranched alkanes of at least 4 members (excludes halogenated alkanes) is 2. The number of hydrogen-bond acceptors (Lipinski definition) is 7. The van der Waals surface area contributed by atoms with Gasteiger partial charge in [0.05, 0.1) is 14.2 Å². The Hall–Kier alpha value is -3.27. The van der Waals surface area contributed by atoms with Crippen molar-refractivity contribution in [2.45, 2.75) is 82.8 Å². The number of aryl methyl sites for hydroxylation is 1. The summed E-state index contributed by atoms with van der Waals surface area (Å²) in [6.45, 7) is 3.30. The summed E-state index contributed by atoms with van der Waals surface area (Å²) in [6, 6.07) is 11.9. The molecule has 0 aromatic heterocycles. The van der Waals surface area contributed by atoms with Gasteiger partial charge in [-0.15, -0.1) is 0 Å². The fraction of sp³-hybridized carbons (Fsp3) is 0.533. The molecule has 0 radical (unpaired) electrons. The standard InChI is InChI=1S/C30H39F3O7/c1-6-7-9-14-24(39-21(2)34)20-25(17-15-22-16-18-26(36-3)27(19-22)37-4)40-28(35)29(38-5,30(31,32)33)23-12-10-8-11-13-23/h8,10-13,16,18-19,24-25H,6-7,9,14-15,17,20H2,1-5H3/t24-,25-,29-/m0/s1. The summed E-state index contributed by atoms with van der Waals surface area (Å²) in [6.07, 6.45) is -3.13. The topological polar surface area (TPSA) is 80.3 Å². The van der Waals surface area contributed by atoms with Crippen LogP contribution in [0.25, 0.3) is 0 Å². The minimum Gasteiger partial charge on any atom is -0.493 e. The van der Waals surface area contributed by atoms with Gasteiger partial charge in [-0.05, 0) is 43.4 Å². The first-order valence-electron chi connectivity index (χ1n) is 13.3. The quantitative estimate of drug-likeness (QED) is 0.168. The van der Waals surface area contributed by atoms with Gasteiger partial charge in [0.15, 0.2) is 11.5 Å². The van der Waals surface area contributed by atoms with Crippen LogP contribution in [0.5, 0.6) is 11.5 Å². The van der Waals surface area contributed by atoms with Crippen molar-refractivity contribution < 1.29 is 46.4 Å². The number of halogens is 3. The zero-order valence-corrected chi connectivity index (χ0v) is 23.7. The van der Waals surface area contributed by atoms with Crippen molar-refractivity contribution in [1.82, 2.24) is 0 Å². The van der Waals surface area contributed by atoms with Crippen LogP contribution in [0.4, 0.5) is 13.2 Å². The number of methoxy groups -OCH3 is 3. The van der Waals surface area contributed by atoms with Gasteiger partial charge in [0.1, 0.15) is 12.2 Å². The second-order valence-electron chi connectivity index (χ2n) is 9.47. The normalized spacial score (nSPS) is 14.5. The molecule has 0 bridgehead atoms. The number of rotatable bonds is 16. The first-order chi connectivity index (χ1) is 19.0. The Bertz CT molecular complexity index is 1070. The molecular formula is C30H39F3O7. The summed E-state index contributed by atoms with van der Waals surface area (Å²) in [7, 11) is 3.83. The Morgan fingerprint density at radius 2 is 1.50 bits per heavy atom. The van der Waals surface area contributed by atoms with Crippen molar-refractivity contribution in [3.05, 3.63) is 59.7 Å². The van der Waals surface area contributed by atoms with E-state index in [1.54, 1.807) is 18.2 Å². The van der Waals surface area contributed by atoms with Crippen LogP contribution in [0.1, 0.15) is 63.5 Å². The van der Waals surface area contributed by atoms with Gasteiger partial charge >= 0.3 is 18.1 Å². The fourth-order valence-corrected chi connectivity index (χ4v) is 4.58. The van der Waals surface area contributed by atoms with E-state index in [1.807, 2.05) is 6.92 Å². The molecule has 2 aromatic carbocycles. The molecule has 2 rings (SSSR count). The first-order valence-corrected chi connectivity index (χ1v) is 13.3. The maximum atomic E-state index is 14.5. The lowest BCUT2D eigenvalue weighted by Gasteiger charge is -2.34. The van der Waals surface area contributed by atoms with Crippen molar-refractivity contribution in [3.63, 3.8) is 0 Å². The van der Waals surface area contributed by atoms with Gasteiger partial charge in [-0.3, -0.25) is 4.79 Å². The van der Waals surface area contributed by atoms with Gasteiger partial charge in [-0.1, -0.05) is 56.2 Å². The Kier molecular flexibility index (Phi) is 12.8. The van der Waals surface area contributed by atoms with Crippen LogP contribution in [0, 0.1) is 0 Å². The van der Waals surface area contributed by atoms with E-state index in [0.29, 0.717) is 24.3 Å². The number of benzene rings is 2. The highest BCUT2D eigenvalue weighted by atomic mass is 19.4. The summed E-state index contributed by atoms with van der Waals surface area (Å²) in [4.78, 5) is 25.2. The van der Waals surface area contributed by atoms with Crippen LogP contribution in [0.2, 0.25) is 0 Å². The first kappa shape index (κ1) is 32.9. The summed E-state index contributed by atoms with van der Waals surface area (Å²) in [5.74, 6) is -1.08. The van der Waals surface area contributed by atoms with E-state index in [1.165, 1.54) is 51.5 Å². The van der Waals surface area contributed by atoms with Gasteiger partial charge in [0.2, 0.25) is 0 Å². The molecule has 0 spiro atoms. The monoisotopic (exact) mass is 568 g/mol. The Balaban J connectivity index is 2.40. The molecule has 222 valence electrons. The van der Waals surface area contributed by atoms with E-state index in [-0.39, 0.29) is 12.8 Å².